The molecule has 19 heavy (non-hydrogen) atoms. The van der Waals surface area contributed by atoms with Gasteiger partial charge < -0.3 is 0 Å². The van der Waals surface area contributed by atoms with Crippen LogP contribution in [-0.2, 0) is 15.6 Å². The maximum Gasteiger partial charge on any atom is 0.240 e. The van der Waals surface area contributed by atoms with Crippen LogP contribution in [0.4, 0.5) is 0 Å². The van der Waals surface area contributed by atoms with Gasteiger partial charge in [0.2, 0.25) is 5.91 Å². The summed E-state index contributed by atoms with van der Waals surface area (Å²) in [6.45, 7) is 1.97. The lowest BCUT2D eigenvalue weighted by atomic mass is 9.99. The van der Waals surface area contributed by atoms with Gasteiger partial charge in [0.1, 0.15) is 0 Å². The first-order chi connectivity index (χ1) is 9.06. The highest BCUT2D eigenvalue weighted by molar-refractivity contribution is 7.84. The van der Waals surface area contributed by atoms with Crippen LogP contribution in [0.15, 0.2) is 40.3 Å². The Morgan fingerprint density at radius 2 is 2.21 bits per heavy atom. The normalized spacial score (nSPS) is 21.1. The van der Waals surface area contributed by atoms with Crippen molar-refractivity contribution in [3.8, 4) is 0 Å². The van der Waals surface area contributed by atoms with Crippen LogP contribution in [0.25, 0.3) is 6.08 Å². The molecule has 0 saturated carbocycles. The summed E-state index contributed by atoms with van der Waals surface area (Å²) in [5, 5.41) is 4.03. The van der Waals surface area contributed by atoms with Gasteiger partial charge in [-0.05, 0) is 23.8 Å². The number of hydrazone groups is 1. The van der Waals surface area contributed by atoms with Gasteiger partial charge in [-0.25, -0.2) is 5.43 Å². The van der Waals surface area contributed by atoms with E-state index in [0.29, 0.717) is 6.42 Å². The molecule has 0 aliphatic carbocycles. The second-order valence-corrected chi connectivity index (χ2v) is 5.92. The Labute approximate surface area is 115 Å². The molecule has 1 amide bonds. The van der Waals surface area contributed by atoms with Gasteiger partial charge in [0.15, 0.2) is 0 Å². The third kappa shape index (κ3) is 3.61. The molecule has 1 aromatic rings. The average Bonchev–Trinajstić information content (AvgIpc) is 2.38. The number of benzene rings is 1. The van der Waals surface area contributed by atoms with Crippen LogP contribution in [0.5, 0.6) is 0 Å². The molecule has 0 radical (unpaired) electrons. The Morgan fingerprint density at radius 3 is 2.89 bits per heavy atom. The number of rotatable bonds is 3. The van der Waals surface area contributed by atoms with Crippen molar-refractivity contribution in [3.63, 3.8) is 0 Å². The van der Waals surface area contributed by atoms with Gasteiger partial charge in [-0.3, -0.25) is 9.00 Å². The van der Waals surface area contributed by atoms with E-state index in [0.717, 1.165) is 16.2 Å². The van der Waals surface area contributed by atoms with E-state index in [2.05, 4.69) is 10.5 Å². The summed E-state index contributed by atoms with van der Waals surface area (Å²) >= 11 is 0. The van der Waals surface area contributed by atoms with Crippen LogP contribution in [-0.4, -0.2) is 22.1 Å². The topological polar surface area (TPSA) is 58.5 Å². The summed E-state index contributed by atoms with van der Waals surface area (Å²) in [6.07, 6.45) is 5.93. The highest BCUT2D eigenvalue weighted by Gasteiger charge is 2.17. The van der Waals surface area contributed by atoms with Crippen molar-refractivity contribution in [2.75, 3.05) is 6.26 Å². The van der Waals surface area contributed by atoms with Gasteiger partial charge in [0, 0.05) is 34.3 Å². The summed E-state index contributed by atoms with van der Waals surface area (Å²) < 4.78 is 11.4. The molecule has 1 aromatic carbocycles. The number of allylic oxidation sites excluding steroid dienone is 1. The standard InChI is InChI=1S/C14H16N2O2S/c1-10-8-14(17)16-15-13(10)7-6-11-4-3-5-12(9-11)19(2)18/h3-7,9-10H,8H2,1-2H3,(H,16,17). The lowest BCUT2D eigenvalue weighted by Gasteiger charge is -2.16. The van der Waals surface area contributed by atoms with Gasteiger partial charge in [0.05, 0.1) is 5.71 Å². The number of nitrogens with one attached hydrogen (secondary N) is 1. The molecular formula is C14H16N2O2S. The minimum Gasteiger partial charge on any atom is -0.273 e. The summed E-state index contributed by atoms with van der Waals surface area (Å²) in [4.78, 5) is 11.9. The van der Waals surface area contributed by atoms with Gasteiger partial charge in [0.25, 0.3) is 0 Å². The quantitative estimate of drug-likeness (QED) is 0.917. The average molecular weight is 276 g/mol. The van der Waals surface area contributed by atoms with Crippen LogP contribution >= 0.6 is 0 Å². The minimum absolute atomic E-state index is 0.0481. The Kier molecular flexibility index (Phi) is 4.27. The third-order valence-electron chi connectivity index (χ3n) is 2.94. The fourth-order valence-corrected chi connectivity index (χ4v) is 2.42. The zero-order valence-electron chi connectivity index (χ0n) is 10.9. The lowest BCUT2D eigenvalue weighted by molar-refractivity contribution is -0.121. The van der Waals surface area contributed by atoms with Crippen LogP contribution in [0.3, 0.4) is 0 Å². The molecule has 2 unspecified atom stereocenters. The number of carbonyl (C=O) groups is 1. The van der Waals surface area contributed by atoms with E-state index in [1.807, 2.05) is 43.3 Å². The first kappa shape index (κ1) is 13.7. The largest absolute Gasteiger partial charge is 0.273 e. The molecule has 1 aliphatic heterocycles. The van der Waals surface area contributed by atoms with Crippen LogP contribution in [0.1, 0.15) is 18.9 Å². The van der Waals surface area contributed by atoms with E-state index in [-0.39, 0.29) is 11.8 Å². The molecule has 1 aliphatic rings. The van der Waals surface area contributed by atoms with E-state index < -0.39 is 10.8 Å². The van der Waals surface area contributed by atoms with Gasteiger partial charge in [-0.15, -0.1) is 0 Å². The van der Waals surface area contributed by atoms with Crippen LogP contribution < -0.4 is 5.43 Å². The predicted molar refractivity (Wildman–Crippen MR) is 77.2 cm³/mol. The molecule has 0 spiro atoms. The maximum atomic E-state index is 11.4. The van der Waals surface area contributed by atoms with Gasteiger partial charge >= 0.3 is 0 Å². The number of carbonyl (C=O) groups excluding carboxylic acids is 1. The Hall–Kier alpha value is -1.75. The molecular weight excluding hydrogens is 260 g/mol. The molecule has 0 saturated heterocycles. The number of nitrogens with zero attached hydrogens (tertiary/aromatic N) is 1. The van der Waals surface area contributed by atoms with Crippen molar-refractivity contribution in [2.45, 2.75) is 18.2 Å². The van der Waals surface area contributed by atoms with E-state index in [1.54, 1.807) is 6.26 Å². The highest BCUT2D eigenvalue weighted by atomic mass is 32.2. The van der Waals surface area contributed by atoms with Crippen molar-refractivity contribution in [2.24, 2.45) is 11.0 Å². The molecule has 4 nitrogen and oxygen atoms in total. The van der Waals surface area contributed by atoms with Gasteiger partial charge in [-0.2, -0.15) is 5.10 Å². The van der Waals surface area contributed by atoms with E-state index in [1.165, 1.54) is 0 Å². The van der Waals surface area contributed by atoms with Crippen molar-refractivity contribution < 1.29 is 9.00 Å². The highest BCUT2D eigenvalue weighted by Crippen LogP contribution is 2.14. The molecule has 0 aromatic heterocycles. The summed E-state index contributed by atoms with van der Waals surface area (Å²) in [5.41, 5.74) is 4.30. The Morgan fingerprint density at radius 1 is 1.42 bits per heavy atom. The molecule has 2 rings (SSSR count). The lowest BCUT2D eigenvalue weighted by Crippen LogP contribution is -2.30. The molecule has 1 N–H and O–H groups in total. The van der Waals surface area contributed by atoms with Crippen molar-refractivity contribution in [3.05, 3.63) is 35.9 Å². The zero-order chi connectivity index (χ0) is 13.8. The first-order valence-electron chi connectivity index (χ1n) is 6.04. The number of hydrogen-bond acceptors (Lipinski definition) is 3. The molecule has 2 atom stereocenters. The number of hydrogen-bond donors (Lipinski definition) is 1. The van der Waals surface area contributed by atoms with E-state index in [4.69, 9.17) is 0 Å². The molecule has 5 heteroatoms. The van der Waals surface area contributed by atoms with E-state index >= 15 is 0 Å². The summed E-state index contributed by atoms with van der Waals surface area (Å²) in [7, 11) is -0.980. The zero-order valence-corrected chi connectivity index (χ0v) is 11.7. The second-order valence-electron chi connectivity index (χ2n) is 4.54. The molecule has 0 fully saturated rings. The first-order valence-corrected chi connectivity index (χ1v) is 7.60. The second kappa shape index (κ2) is 5.93. The summed E-state index contributed by atoms with van der Waals surface area (Å²) in [6, 6.07) is 7.55. The van der Waals surface area contributed by atoms with Crippen LogP contribution in [0, 0.1) is 5.92 Å². The van der Waals surface area contributed by atoms with Crippen molar-refractivity contribution in [1.82, 2.24) is 5.43 Å². The Bertz CT molecular complexity index is 579. The van der Waals surface area contributed by atoms with Gasteiger partial charge in [-0.1, -0.05) is 25.1 Å². The monoisotopic (exact) mass is 276 g/mol. The summed E-state index contributed by atoms with van der Waals surface area (Å²) in [5.74, 6) is 0.0708. The fraction of sp³-hybridized carbons (Fsp3) is 0.286. The van der Waals surface area contributed by atoms with Crippen LogP contribution in [0.2, 0.25) is 0 Å². The predicted octanol–water partition coefficient (Wildman–Crippen LogP) is 1.95. The maximum absolute atomic E-state index is 11.4. The number of amides is 1. The smallest absolute Gasteiger partial charge is 0.240 e. The Balaban J connectivity index is 2.17. The SMILES string of the molecule is CC1CC(=O)NN=C1C=Cc1cccc(S(C)=O)c1. The molecule has 100 valence electrons. The van der Waals surface area contributed by atoms with Crippen molar-refractivity contribution >= 4 is 28.5 Å². The molecule has 0 bridgehead atoms. The third-order valence-corrected chi connectivity index (χ3v) is 3.86. The fourth-order valence-electron chi connectivity index (χ4n) is 1.85. The van der Waals surface area contributed by atoms with E-state index in [9.17, 15) is 9.00 Å². The minimum atomic E-state index is -0.980. The van der Waals surface area contributed by atoms with Crippen molar-refractivity contribution in [1.29, 1.82) is 0 Å². The molecule has 1 heterocycles.